The number of rotatable bonds is 9. The van der Waals surface area contributed by atoms with E-state index in [1.54, 1.807) is 17.0 Å². The van der Waals surface area contributed by atoms with Crippen molar-refractivity contribution in [2.75, 3.05) is 44.7 Å². The normalized spacial score (nSPS) is 13.3. The molecule has 0 bridgehead atoms. The van der Waals surface area contributed by atoms with Gasteiger partial charge in [-0.3, -0.25) is 24.7 Å². The van der Waals surface area contributed by atoms with Gasteiger partial charge in [0, 0.05) is 44.0 Å². The van der Waals surface area contributed by atoms with Crippen LogP contribution < -0.4 is 25.3 Å². The highest BCUT2D eigenvalue weighted by Gasteiger charge is 2.24. The number of carbonyl (C=O) groups is 5. The first kappa shape index (κ1) is 34.6. The minimum atomic E-state index is -1.55. The molecule has 0 aliphatic carbocycles. The Morgan fingerprint density at radius 1 is 0.738 bits per heavy atom. The van der Waals surface area contributed by atoms with Gasteiger partial charge in [0.15, 0.2) is 0 Å². The number of anilines is 2. The van der Waals surface area contributed by atoms with Crippen molar-refractivity contribution < 1.29 is 49.3 Å². The van der Waals surface area contributed by atoms with E-state index in [0.29, 0.717) is 35.7 Å². The van der Waals surface area contributed by atoms with E-state index < -0.39 is 28.8 Å². The van der Waals surface area contributed by atoms with E-state index in [2.05, 4.69) is 16.8 Å². The molecule has 1 fully saturated rings. The quantitative estimate of drug-likeness (QED) is 0.160. The molecule has 42 heavy (non-hydrogen) atoms. The lowest BCUT2D eigenvalue weighted by Gasteiger charge is -2.33. The number of nitro groups is 1. The Balaban J connectivity index is 0.000000454. The second kappa shape index (κ2) is 18.0. The Kier molecular flexibility index (Phi) is 14.9. The Labute approximate surface area is 240 Å². The largest absolute Gasteiger partial charge is 0.545 e. The van der Waals surface area contributed by atoms with E-state index in [4.69, 9.17) is 0 Å². The molecule has 0 atom stereocenters. The zero-order valence-electron chi connectivity index (χ0n) is 22.3. The number of carboxylic acid groups (broad SMARTS) is 4. The number of benzene rings is 2. The van der Waals surface area contributed by atoms with Gasteiger partial charge in [0.05, 0.1) is 41.0 Å². The van der Waals surface area contributed by atoms with Crippen molar-refractivity contribution in [3.8, 4) is 0 Å². The zero-order chi connectivity index (χ0) is 31.7. The zero-order valence-corrected chi connectivity index (χ0v) is 22.3. The van der Waals surface area contributed by atoms with E-state index in [9.17, 15) is 54.5 Å². The highest BCUT2D eigenvalue weighted by molar-refractivity contribution is 6.02. The Morgan fingerprint density at radius 3 is 1.62 bits per heavy atom. The SMILES string of the molecule is CN1CCN(CC(=O)N(c2ccccc2)c2cccc([N+](=O)[O-])c2)CC1.O=C([O-])C=CC(=O)[O-].O=C([O-])C=CC(=O)[O-]. The molecule has 15 heteroatoms. The van der Waals surface area contributed by atoms with Crippen LogP contribution in [0.4, 0.5) is 17.1 Å². The summed E-state index contributed by atoms with van der Waals surface area (Å²) in [4.78, 5) is 67.3. The van der Waals surface area contributed by atoms with Gasteiger partial charge in [0.25, 0.3) is 5.69 Å². The molecule has 1 saturated heterocycles. The van der Waals surface area contributed by atoms with E-state index >= 15 is 0 Å². The van der Waals surface area contributed by atoms with Crippen LogP contribution in [0, 0.1) is 10.1 Å². The number of piperazine rings is 1. The van der Waals surface area contributed by atoms with E-state index in [1.807, 2.05) is 30.3 Å². The lowest BCUT2D eigenvalue weighted by Crippen LogP contribution is -2.48. The van der Waals surface area contributed by atoms with Crippen molar-refractivity contribution in [3.63, 3.8) is 0 Å². The Morgan fingerprint density at radius 2 is 1.19 bits per heavy atom. The first-order chi connectivity index (χ1) is 19.8. The number of para-hydroxylation sites is 1. The lowest BCUT2D eigenvalue weighted by atomic mass is 10.2. The fourth-order valence-corrected chi connectivity index (χ4v) is 3.30. The van der Waals surface area contributed by atoms with E-state index in [0.717, 1.165) is 26.2 Å². The third-order valence-electron chi connectivity index (χ3n) is 5.23. The highest BCUT2D eigenvalue weighted by atomic mass is 16.6. The number of nitro benzene ring substituents is 1. The van der Waals surface area contributed by atoms with Crippen molar-refractivity contribution in [3.05, 3.63) is 89.0 Å². The summed E-state index contributed by atoms with van der Waals surface area (Å²) in [6.07, 6.45) is 1.54. The second-order valence-corrected chi connectivity index (χ2v) is 8.36. The average Bonchev–Trinajstić information content (AvgIpc) is 2.93. The standard InChI is InChI=1S/C19H22N4O3.2C4H4O4/c1-20-10-12-21(13-11-20)15-19(24)22(16-6-3-2-4-7-16)17-8-5-9-18(14-17)23(25)26;2*5-3(6)1-2-4(7)8/h2-9,14H,10-13,15H2,1H3;2*1-2H,(H,5,6)(H,7,8)/p-4. The van der Waals surface area contributed by atoms with Gasteiger partial charge in [0.2, 0.25) is 5.91 Å². The second-order valence-electron chi connectivity index (χ2n) is 8.36. The van der Waals surface area contributed by atoms with Crippen LogP contribution in [0.5, 0.6) is 0 Å². The molecule has 0 unspecified atom stereocenters. The molecular weight excluding hydrogens is 556 g/mol. The third-order valence-corrected chi connectivity index (χ3v) is 5.23. The molecule has 15 nitrogen and oxygen atoms in total. The first-order valence-corrected chi connectivity index (χ1v) is 12.0. The molecule has 1 heterocycles. The number of amides is 1. The fourth-order valence-electron chi connectivity index (χ4n) is 3.30. The smallest absolute Gasteiger partial charge is 0.271 e. The number of likely N-dealkylation sites (N-methyl/N-ethyl adjacent to an activating group) is 1. The molecular formula is C27H26N4O11-4. The Hall–Kier alpha value is -5.41. The maximum absolute atomic E-state index is 13.1. The number of non-ortho nitro benzene ring substituents is 1. The maximum atomic E-state index is 13.1. The molecule has 0 N–H and O–H groups in total. The minimum absolute atomic E-state index is 0.0316. The average molecular weight is 583 g/mol. The molecule has 224 valence electrons. The van der Waals surface area contributed by atoms with E-state index in [1.165, 1.54) is 12.1 Å². The van der Waals surface area contributed by atoms with Gasteiger partial charge in [-0.25, -0.2) is 0 Å². The summed E-state index contributed by atoms with van der Waals surface area (Å²) in [5.74, 6) is -6.28. The summed E-state index contributed by atoms with van der Waals surface area (Å²) in [5, 5.41) is 48.8. The fraction of sp³-hybridized carbons (Fsp3) is 0.222. The van der Waals surface area contributed by atoms with Crippen LogP contribution >= 0.6 is 0 Å². The van der Waals surface area contributed by atoms with Gasteiger partial charge in [-0.1, -0.05) is 24.3 Å². The van der Waals surface area contributed by atoms with Gasteiger partial charge in [-0.05, 0) is 49.6 Å². The summed E-state index contributed by atoms with van der Waals surface area (Å²) < 4.78 is 0. The summed E-state index contributed by atoms with van der Waals surface area (Å²) >= 11 is 0. The van der Waals surface area contributed by atoms with Crippen LogP contribution in [0.3, 0.4) is 0 Å². The van der Waals surface area contributed by atoms with Crippen molar-refractivity contribution in [1.82, 2.24) is 9.80 Å². The first-order valence-electron chi connectivity index (χ1n) is 12.0. The lowest BCUT2D eigenvalue weighted by molar-refractivity contribution is -0.384. The topological polar surface area (TPSA) is 230 Å². The number of carbonyl (C=O) groups excluding carboxylic acids is 5. The molecule has 0 radical (unpaired) electrons. The summed E-state index contributed by atoms with van der Waals surface area (Å²) in [5.41, 5.74) is 1.17. The number of hydrogen-bond donors (Lipinski definition) is 0. The summed E-state index contributed by atoms with van der Waals surface area (Å²) in [6.45, 7) is 3.80. The molecule has 0 spiro atoms. The van der Waals surface area contributed by atoms with Crippen molar-refractivity contribution in [1.29, 1.82) is 0 Å². The summed E-state index contributed by atoms with van der Waals surface area (Å²) in [7, 11) is 2.07. The number of carboxylic acids is 4. The minimum Gasteiger partial charge on any atom is -0.545 e. The molecule has 2 aromatic rings. The molecule has 1 amide bonds. The van der Waals surface area contributed by atoms with Gasteiger partial charge in [0.1, 0.15) is 0 Å². The predicted octanol–water partition coefficient (Wildman–Crippen LogP) is -3.41. The van der Waals surface area contributed by atoms with E-state index in [-0.39, 0.29) is 18.1 Å². The Bertz CT molecular complexity index is 1240. The third kappa shape index (κ3) is 14.1. The predicted molar refractivity (Wildman–Crippen MR) is 139 cm³/mol. The van der Waals surface area contributed by atoms with Gasteiger partial charge >= 0.3 is 0 Å². The van der Waals surface area contributed by atoms with Crippen LogP contribution in [-0.4, -0.2) is 84.3 Å². The maximum Gasteiger partial charge on any atom is 0.271 e. The molecule has 1 aliphatic rings. The van der Waals surface area contributed by atoms with Crippen molar-refractivity contribution in [2.24, 2.45) is 0 Å². The molecule has 1 aliphatic heterocycles. The molecule has 0 aromatic heterocycles. The molecule has 0 saturated carbocycles. The van der Waals surface area contributed by atoms with Gasteiger partial charge in [-0.2, -0.15) is 0 Å². The molecule has 2 aromatic carbocycles. The van der Waals surface area contributed by atoms with Crippen LogP contribution in [0.2, 0.25) is 0 Å². The van der Waals surface area contributed by atoms with Gasteiger partial charge < -0.3 is 44.5 Å². The number of nitrogens with zero attached hydrogens (tertiary/aromatic N) is 4. The van der Waals surface area contributed by atoms with Crippen LogP contribution in [0.1, 0.15) is 0 Å². The van der Waals surface area contributed by atoms with Crippen molar-refractivity contribution in [2.45, 2.75) is 0 Å². The highest BCUT2D eigenvalue weighted by Crippen LogP contribution is 2.28. The van der Waals surface area contributed by atoms with Crippen molar-refractivity contribution >= 4 is 46.8 Å². The molecule has 3 rings (SSSR count). The van der Waals surface area contributed by atoms with Crippen LogP contribution in [0.25, 0.3) is 0 Å². The van der Waals surface area contributed by atoms with Gasteiger partial charge in [-0.15, -0.1) is 0 Å². The monoisotopic (exact) mass is 582 g/mol. The number of hydrogen-bond acceptors (Lipinski definition) is 13. The van der Waals surface area contributed by atoms with Crippen LogP contribution in [0.15, 0.2) is 78.9 Å². The van der Waals surface area contributed by atoms with Crippen LogP contribution in [-0.2, 0) is 24.0 Å². The number of aliphatic carboxylic acids is 4. The summed E-state index contributed by atoms with van der Waals surface area (Å²) in [6, 6.07) is 15.4.